The number of benzene rings is 3. The van der Waals surface area contributed by atoms with Crippen molar-refractivity contribution in [3.63, 3.8) is 0 Å². The van der Waals surface area contributed by atoms with Crippen LogP contribution in [0.2, 0.25) is 10.0 Å². The van der Waals surface area contributed by atoms with Crippen molar-refractivity contribution in [2.75, 3.05) is 20.3 Å². The minimum atomic E-state index is -0.867. The van der Waals surface area contributed by atoms with Crippen molar-refractivity contribution in [2.24, 2.45) is 0 Å². The van der Waals surface area contributed by atoms with Crippen LogP contribution in [0.15, 0.2) is 66.7 Å². The number of hydrogen-bond acceptors (Lipinski definition) is 6. The fourth-order valence-corrected chi connectivity index (χ4v) is 4.49. The number of rotatable bonds is 14. The first-order valence-corrected chi connectivity index (χ1v) is 13.5. The second-order valence-electron chi connectivity index (χ2n) is 8.99. The average Bonchev–Trinajstić information content (AvgIpc) is 2.95. The first-order valence-electron chi connectivity index (χ1n) is 12.7. The van der Waals surface area contributed by atoms with Gasteiger partial charge in [-0.05, 0) is 35.7 Å². The minimum absolute atomic E-state index is 0.00277. The number of nitro groups is 1. The van der Waals surface area contributed by atoms with Gasteiger partial charge in [0.05, 0.1) is 12.0 Å². The van der Waals surface area contributed by atoms with Crippen molar-refractivity contribution in [1.29, 1.82) is 0 Å². The lowest BCUT2D eigenvalue weighted by Crippen LogP contribution is -2.51. The zero-order valence-corrected chi connectivity index (χ0v) is 23.8. The van der Waals surface area contributed by atoms with Gasteiger partial charge in [0, 0.05) is 41.7 Å². The predicted molar refractivity (Wildman–Crippen MR) is 154 cm³/mol. The lowest BCUT2D eigenvalue weighted by molar-refractivity contribution is -0.385. The molecule has 0 aliphatic rings. The molecule has 3 rings (SSSR count). The monoisotopic (exact) mass is 587 g/mol. The van der Waals surface area contributed by atoms with Gasteiger partial charge in [0.15, 0.2) is 6.61 Å². The molecule has 0 bridgehead atoms. The zero-order valence-electron chi connectivity index (χ0n) is 22.3. The third-order valence-electron chi connectivity index (χ3n) is 6.17. The highest BCUT2D eigenvalue weighted by atomic mass is 35.5. The highest BCUT2D eigenvalue weighted by Gasteiger charge is 2.31. The Morgan fingerprint density at radius 3 is 2.48 bits per heavy atom. The van der Waals surface area contributed by atoms with Crippen molar-refractivity contribution in [2.45, 2.75) is 38.8 Å². The number of carbonyl (C=O) groups excluding carboxylic acids is 2. The number of nitrogens with zero attached hydrogens (tertiary/aromatic N) is 2. The molecule has 1 N–H and O–H groups in total. The Morgan fingerprint density at radius 1 is 1.07 bits per heavy atom. The van der Waals surface area contributed by atoms with Gasteiger partial charge in [-0.2, -0.15) is 0 Å². The number of hydrogen-bond donors (Lipinski definition) is 1. The van der Waals surface area contributed by atoms with Crippen LogP contribution in [0.4, 0.5) is 5.69 Å². The van der Waals surface area contributed by atoms with E-state index in [1.54, 1.807) is 18.2 Å². The van der Waals surface area contributed by atoms with Gasteiger partial charge in [0.25, 0.3) is 5.91 Å². The van der Waals surface area contributed by atoms with Gasteiger partial charge in [-0.15, -0.1) is 0 Å². The first kappa shape index (κ1) is 30.7. The molecule has 0 aliphatic carbocycles. The van der Waals surface area contributed by atoms with E-state index in [4.69, 9.17) is 32.7 Å². The van der Waals surface area contributed by atoms with Crippen molar-refractivity contribution in [3.05, 3.63) is 98.0 Å². The van der Waals surface area contributed by atoms with Crippen molar-refractivity contribution in [1.82, 2.24) is 10.2 Å². The summed E-state index contributed by atoms with van der Waals surface area (Å²) in [4.78, 5) is 39.3. The van der Waals surface area contributed by atoms with Gasteiger partial charge in [-0.25, -0.2) is 0 Å². The van der Waals surface area contributed by atoms with E-state index in [0.717, 1.165) is 18.4 Å². The van der Waals surface area contributed by atoms with Crippen molar-refractivity contribution < 1.29 is 24.0 Å². The summed E-state index contributed by atoms with van der Waals surface area (Å²) < 4.78 is 10.8. The van der Waals surface area contributed by atoms with Gasteiger partial charge >= 0.3 is 5.69 Å². The summed E-state index contributed by atoms with van der Waals surface area (Å²) >= 11 is 12.5. The van der Waals surface area contributed by atoms with Crippen LogP contribution < -0.4 is 14.8 Å². The molecule has 0 fully saturated rings. The van der Waals surface area contributed by atoms with Crippen LogP contribution in [0.5, 0.6) is 11.5 Å². The SMILES string of the molecule is CCCCNC(=O)[C@@H](Cc1ccccc1)N(Cc1ccc(Cl)cc1Cl)C(=O)COc1ccc([N+](=O)[O-])c(OC)c1. The topological polar surface area (TPSA) is 111 Å². The second-order valence-corrected chi connectivity index (χ2v) is 9.83. The number of methoxy groups -OCH3 is 1. The van der Waals surface area contributed by atoms with Gasteiger partial charge in [0.1, 0.15) is 11.8 Å². The Hall–Kier alpha value is -3.82. The number of ether oxygens (including phenoxy) is 2. The number of halogens is 2. The lowest BCUT2D eigenvalue weighted by atomic mass is 10.0. The molecular weight excluding hydrogens is 557 g/mol. The second kappa shape index (κ2) is 15.1. The van der Waals surface area contributed by atoms with E-state index in [2.05, 4.69) is 5.32 Å². The molecule has 0 aromatic heterocycles. The summed E-state index contributed by atoms with van der Waals surface area (Å²) in [5.74, 6) is -0.577. The van der Waals surface area contributed by atoms with E-state index < -0.39 is 23.5 Å². The molecule has 40 heavy (non-hydrogen) atoms. The highest BCUT2D eigenvalue weighted by molar-refractivity contribution is 6.35. The van der Waals surface area contributed by atoms with Crippen LogP contribution >= 0.6 is 23.2 Å². The van der Waals surface area contributed by atoms with E-state index in [1.807, 2.05) is 37.3 Å². The van der Waals surface area contributed by atoms with Crippen molar-refractivity contribution >= 4 is 40.7 Å². The molecule has 212 valence electrons. The lowest BCUT2D eigenvalue weighted by Gasteiger charge is -2.31. The molecule has 0 radical (unpaired) electrons. The third kappa shape index (κ3) is 8.59. The minimum Gasteiger partial charge on any atom is -0.490 e. The average molecular weight is 588 g/mol. The van der Waals surface area contributed by atoms with Gasteiger partial charge in [-0.1, -0.05) is 72.9 Å². The quantitative estimate of drug-likeness (QED) is 0.144. The summed E-state index contributed by atoms with van der Waals surface area (Å²) in [5, 5.41) is 15.0. The maximum Gasteiger partial charge on any atom is 0.311 e. The number of nitrogens with one attached hydrogen (secondary N) is 1. The van der Waals surface area contributed by atoms with E-state index in [1.165, 1.54) is 30.2 Å². The molecule has 11 heteroatoms. The summed E-state index contributed by atoms with van der Waals surface area (Å²) in [6.45, 7) is 2.10. The highest BCUT2D eigenvalue weighted by Crippen LogP contribution is 2.31. The summed E-state index contributed by atoms with van der Waals surface area (Å²) in [6, 6.07) is 17.4. The number of nitro benzene ring substituents is 1. The fourth-order valence-electron chi connectivity index (χ4n) is 4.02. The zero-order chi connectivity index (χ0) is 29.1. The Morgan fingerprint density at radius 2 is 1.82 bits per heavy atom. The third-order valence-corrected chi connectivity index (χ3v) is 6.75. The number of amides is 2. The van der Waals surface area contributed by atoms with Crippen LogP contribution in [-0.2, 0) is 22.6 Å². The maximum atomic E-state index is 13.7. The van der Waals surface area contributed by atoms with Crippen LogP contribution in [0.3, 0.4) is 0 Å². The van der Waals surface area contributed by atoms with Gasteiger partial charge in [0.2, 0.25) is 11.7 Å². The van der Waals surface area contributed by atoms with Crippen molar-refractivity contribution in [3.8, 4) is 11.5 Å². The number of carbonyl (C=O) groups is 2. The molecule has 1 atom stereocenters. The molecule has 9 nitrogen and oxygen atoms in total. The normalized spacial score (nSPS) is 11.4. The summed E-state index contributed by atoms with van der Waals surface area (Å²) in [7, 11) is 1.31. The molecule has 2 amide bonds. The Kier molecular flexibility index (Phi) is 11.6. The van der Waals surface area contributed by atoms with E-state index in [0.29, 0.717) is 22.2 Å². The van der Waals surface area contributed by atoms with E-state index in [9.17, 15) is 19.7 Å². The van der Waals surface area contributed by atoms with Crippen LogP contribution in [0, 0.1) is 10.1 Å². The smallest absolute Gasteiger partial charge is 0.311 e. The summed E-state index contributed by atoms with van der Waals surface area (Å²) in [6.07, 6.45) is 1.96. The molecule has 3 aromatic rings. The Bertz CT molecular complexity index is 1320. The first-order chi connectivity index (χ1) is 19.2. The predicted octanol–water partition coefficient (Wildman–Crippen LogP) is 5.85. The molecule has 0 aliphatic heterocycles. The molecule has 0 saturated heterocycles. The molecule has 3 aromatic carbocycles. The van der Waals surface area contributed by atoms with Crippen LogP contribution in [-0.4, -0.2) is 47.9 Å². The molecule has 0 heterocycles. The van der Waals surface area contributed by atoms with E-state index in [-0.39, 0.29) is 36.1 Å². The molecule has 0 saturated carbocycles. The number of unbranched alkanes of at least 4 members (excludes halogenated alkanes) is 1. The molecule has 0 unspecified atom stereocenters. The molecular formula is C29H31Cl2N3O6. The van der Waals surface area contributed by atoms with Crippen LogP contribution in [0.25, 0.3) is 0 Å². The van der Waals surface area contributed by atoms with Gasteiger partial charge in [-0.3, -0.25) is 19.7 Å². The van der Waals surface area contributed by atoms with E-state index >= 15 is 0 Å². The Labute approximate surface area is 243 Å². The largest absolute Gasteiger partial charge is 0.490 e. The standard InChI is InChI=1S/C29H31Cl2N3O6/c1-3-4-14-32-29(36)26(15-20-8-6-5-7-9-20)33(18-21-10-11-22(30)16-24(21)31)28(35)19-40-23-12-13-25(34(37)38)27(17-23)39-2/h5-13,16-17,26H,3-4,14-15,18-19H2,1-2H3,(H,32,36)/t26-/m1/s1. The summed E-state index contributed by atoms with van der Waals surface area (Å²) in [5.41, 5.74) is 1.25. The van der Waals surface area contributed by atoms with Crippen LogP contribution in [0.1, 0.15) is 30.9 Å². The van der Waals surface area contributed by atoms with Gasteiger partial charge < -0.3 is 19.7 Å². The Balaban J connectivity index is 1.93. The molecule has 0 spiro atoms. The fraction of sp³-hybridized carbons (Fsp3) is 0.310. The maximum absolute atomic E-state index is 13.7.